The highest BCUT2D eigenvalue weighted by atomic mass is 127. The Bertz CT molecular complexity index is 539. The van der Waals surface area contributed by atoms with Gasteiger partial charge in [-0.25, -0.2) is 0 Å². The number of nitrogens with zero attached hydrogens (tertiary/aromatic N) is 1. The first kappa shape index (κ1) is 19.2. The second kappa shape index (κ2) is 7.14. The van der Waals surface area contributed by atoms with Crippen LogP contribution in [0.25, 0.3) is 0 Å². The highest BCUT2D eigenvalue weighted by molar-refractivity contribution is 14.0. The van der Waals surface area contributed by atoms with E-state index in [0.29, 0.717) is 13.0 Å². The molecule has 1 aliphatic heterocycles. The van der Waals surface area contributed by atoms with Crippen LogP contribution in [0, 0.1) is 0 Å². The molecule has 0 aliphatic carbocycles. The lowest BCUT2D eigenvalue weighted by atomic mass is 9.91. The van der Waals surface area contributed by atoms with Crippen LogP contribution in [0.15, 0.2) is 24.3 Å². The van der Waals surface area contributed by atoms with E-state index in [0.717, 1.165) is 6.07 Å². The number of carbonyl (C=O) groups is 1. The summed E-state index contributed by atoms with van der Waals surface area (Å²) in [6.07, 6.45) is -3.68. The van der Waals surface area contributed by atoms with Crippen molar-refractivity contribution in [3.05, 3.63) is 35.4 Å². The number of β-amino-alcohol motifs (C(OH)–C–C–N with tert-alkyl or cyclic N) is 1. The van der Waals surface area contributed by atoms with Gasteiger partial charge in [0, 0.05) is 13.1 Å². The highest BCUT2D eigenvalue weighted by Crippen LogP contribution is 2.33. The van der Waals surface area contributed by atoms with Crippen molar-refractivity contribution in [3.8, 4) is 0 Å². The second-order valence-electron chi connectivity index (χ2n) is 5.36. The average Bonchev–Trinajstić information content (AvgIpc) is 2.38. The van der Waals surface area contributed by atoms with Crippen molar-refractivity contribution in [1.82, 2.24) is 4.90 Å². The van der Waals surface area contributed by atoms with Crippen LogP contribution in [0.3, 0.4) is 0 Å². The molecule has 0 aromatic heterocycles. The molecule has 1 aromatic carbocycles. The molecular weight excluding hydrogens is 412 g/mol. The van der Waals surface area contributed by atoms with E-state index in [4.69, 9.17) is 5.73 Å². The van der Waals surface area contributed by atoms with Crippen LogP contribution in [0.5, 0.6) is 0 Å². The maximum absolute atomic E-state index is 12.9. The Hall–Kier alpha value is -0.870. The van der Waals surface area contributed by atoms with Gasteiger partial charge in [0.1, 0.15) is 0 Å². The third kappa shape index (κ3) is 4.32. The predicted molar refractivity (Wildman–Crippen MR) is 85.5 cm³/mol. The number of amides is 1. The Morgan fingerprint density at radius 2 is 2.00 bits per heavy atom. The zero-order valence-electron chi connectivity index (χ0n) is 11.8. The summed E-state index contributed by atoms with van der Waals surface area (Å²) >= 11 is 0. The minimum absolute atomic E-state index is 0. The van der Waals surface area contributed by atoms with Gasteiger partial charge < -0.3 is 10.8 Å². The number of aliphatic hydroxyl groups is 1. The van der Waals surface area contributed by atoms with Gasteiger partial charge in [0.15, 0.2) is 5.60 Å². The van der Waals surface area contributed by atoms with Crippen LogP contribution < -0.4 is 5.73 Å². The van der Waals surface area contributed by atoms with Crippen LogP contribution in [-0.2, 0) is 17.5 Å². The molecule has 1 aliphatic rings. The molecule has 3 N–H and O–H groups in total. The molecule has 1 amide bonds. The van der Waals surface area contributed by atoms with Crippen molar-refractivity contribution in [3.63, 3.8) is 0 Å². The third-order valence-corrected chi connectivity index (χ3v) is 3.73. The largest absolute Gasteiger partial charge is 0.416 e. The molecule has 2 rings (SSSR count). The van der Waals surface area contributed by atoms with Crippen molar-refractivity contribution in [2.24, 2.45) is 5.73 Å². The van der Waals surface area contributed by atoms with Gasteiger partial charge in [0.25, 0.3) is 5.91 Å². The number of likely N-dealkylation sites (tertiary alicyclic amines) is 1. The lowest BCUT2D eigenvalue weighted by Gasteiger charge is -2.37. The van der Waals surface area contributed by atoms with Crippen molar-refractivity contribution in [1.29, 1.82) is 0 Å². The summed E-state index contributed by atoms with van der Waals surface area (Å²) in [5.74, 6) is -0.837. The fourth-order valence-corrected chi connectivity index (χ4v) is 2.63. The van der Waals surface area contributed by atoms with Gasteiger partial charge in [-0.15, -0.1) is 24.0 Å². The topological polar surface area (TPSA) is 66.6 Å². The Labute approximate surface area is 143 Å². The number of halogens is 4. The molecule has 0 radical (unpaired) electrons. The summed E-state index contributed by atoms with van der Waals surface area (Å²) in [5.41, 5.74) is 2.93. The molecule has 0 bridgehead atoms. The van der Waals surface area contributed by atoms with Crippen molar-refractivity contribution >= 4 is 29.9 Å². The average molecular weight is 430 g/mol. The van der Waals surface area contributed by atoms with E-state index in [2.05, 4.69) is 0 Å². The number of benzene rings is 1. The zero-order chi connectivity index (χ0) is 15.7. The SMILES string of the molecule is I.NC(=O)C1(O)CCCN(Cc2ccccc2C(F)(F)F)C1. The predicted octanol–water partition coefficient (Wildman–Crippen LogP) is 2.14. The molecule has 1 heterocycles. The molecule has 1 atom stereocenters. The van der Waals surface area contributed by atoms with Gasteiger partial charge in [-0.2, -0.15) is 13.2 Å². The number of primary amides is 1. The van der Waals surface area contributed by atoms with Crippen LogP contribution in [0.2, 0.25) is 0 Å². The zero-order valence-corrected chi connectivity index (χ0v) is 14.1. The minimum atomic E-state index is -4.42. The van der Waals surface area contributed by atoms with Gasteiger partial charge >= 0.3 is 6.18 Å². The normalized spacial score (nSPS) is 22.9. The Morgan fingerprint density at radius 1 is 1.36 bits per heavy atom. The Balaban J connectivity index is 0.00000242. The molecule has 0 spiro atoms. The Morgan fingerprint density at radius 3 is 2.59 bits per heavy atom. The van der Waals surface area contributed by atoms with Crippen molar-refractivity contribution in [2.45, 2.75) is 31.2 Å². The number of rotatable bonds is 3. The number of hydrogen-bond donors (Lipinski definition) is 2. The summed E-state index contributed by atoms with van der Waals surface area (Å²) in [6.45, 7) is 0.488. The molecule has 1 fully saturated rings. The van der Waals surface area contributed by atoms with Crippen LogP contribution >= 0.6 is 24.0 Å². The van der Waals surface area contributed by atoms with Crippen LogP contribution in [0.4, 0.5) is 13.2 Å². The maximum atomic E-state index is 12.9. The molecule has 1 aromatic rings. The molecular formula is C14H18F3IN2O2. The van der Waals surface area contributed by atoms with Gasteiger partial charge in [-0.3, -0.25) is 9.69 Å². The lowest BCUT2D eigenvalue weighted by Crippen LogP contribution is -2.55. The summed E-state index contributed by atoms with van der Waals surface area (Å²) < 4.78 is 38.8. The van der Waals surface area contributed by atoms with E-state index in [-0.39, 0.29) is 49.1 Å². The first-order valence-electron chi connectivity index (χ1n) is 6.62. The van der Waals surface area contributed by atoms with Gasteiger partial charge in [0.2, 0.25) is 0 Å². The van der Waals surface area contributed by atoms with Crippen LogP contribution in [-0.4, -0.2) is 34.6 Å². The second-order valence-corrected chi connectivity index (χ2v) is 5.36. The lowest BCUT2D eigenvalue weighted by molar-refractivity contribution is -0.143. The van der Waals surface area contributed by atoms with Gasteiger partial charge in [-0.05, 0) is 31.0 Å². The molecule has 1 unspecified atom stereocenters. The first-order chi connectivity index (χ1) is 9.72. The fourth-order valence-electron chi connectivity index (χ4n) is 2.63. The summed E-state index contributed by atoms with van der Waals surface area (Å²) in [5, 5.41) is 10.1. The third-order valence-electron chi connectivity index (χ3n) is 3.73. The molecule has 22 heavy (non-hydrogen) atoms. The standard InChI is InChI=1S/C14H17F3N2O2.HI/c15-14(16,17)11-5-2-1-4-10(11)8-19-7-3-6-13(21,9-19)12(18)20;/h1-2,4-5,21H,3,6-9H2,(H2,18,20);1H. The molecule has 8 heteroatoms. The minimum Gasteiger partial charge on any atom is -0.379 e. The number of carbonyl (C=O) groups excluding carboxylic acids is 1. The van der Waals surface area contributed by atoms with E-state index in [1.54, 1.807) is 4.90 Å². The Kier molecular flexibility index (Phi) is 6.22. The molecule has 1 saturated heterocycles. The highest BCUT2D eigenvalue weighted by Gasteiger charge is 2.39. The number of alkyl halides is 3. The first-order valence-corrected chi connectivity index (χ1v) is 6.62. The molecule has 124 valence electrons. The van der Waals surface area contributed by atoms with E-state index in [9.17, 15) is 23.1 Å². The quantitative estimate of drug-likeness (QED) is 0.723. The van der Waals surface area contributed by atoms with Crippen molar-refractivity contribution < 1.29 is 23.1 Å². The van der Waals surface area contributed by atoms with E-state index in [1.165, 1.54) is 18.2 Å². The fraction of sp³-hybridized carbons (Fsp3) is 0.500. The van der Waals surface area contributed by atoms with Gasteiger partial charge in [-0.1, -0.05) is 18.2 Å². The number of nitrogens with two attached hydrogens (primary N) is 1. The van der Waals surface area contributed by atoms with Crippen LogP contribution in [0.1, 0.15) is 24.0 Å². The van der Waals surface area contributed by atoms with E-state index in [1.807, 2.05) is 0 Å². The van der Waals surface area contributed by atoms with E-state index < -0.39 is 23.2 Å². The molecule has 0 saturated carbocycles. The maximum Gasteiger partial charge on any atom is 0.416 e. The van der Waals surface area contributed by atoms with Crippen molar-refractivity contribution in [2.75, 3.05) is 13.1 Å². The number of piperidine rings is 1. The smallest absolute Gasteiger partial charge is 0.379 e. The van der Waals surface area contributed by atoms with E-state index >= 15 is 0 Å². The van der Waals surface area contributed by atoms with Gasteiger partial charge in [0.05, 0.1) is 5.56 Å². The monoisotopic (exact) mass is 430 g/mol. The summed E-state index contributed by atoms with van der Waals surface area (Å²) in [4.78, 5) is 12.9. The molecule has 4 nitrogen and oxygen atoms in total. The summed E-state index contributed by atoms with van der Waals surface area (Å²) in [7, 11) is 0. The number of hydrogen-bond acceptors (Lipinski definition) is 3. The summed E-state index contributed by atoms with van der Waals surface area (Å²) in [6, 6.07) is 5.30.